The third kappa shape index (κ3) is 2.73. The standard InChI is InChI=1S/C19H19N3O5/c1-26-12-7-6-9(8-13(12)27-2)14-15-10(4-3-5-11(15)23)20-17-16(14)18(24)22-19(25)21-17/h6-8,14H,3-5H2,1-2H3,(H3,20,21,22,24,25)/t14-/m1/s1. The molecule has 0 spiro atoms. The number of hydrogen-bond donors (Lipinski definition) is 3. The summed E-state index contributed by atoms with van der Waals surface area (Å²) in [5, 5.41) is 3.09. The van der Waals surface area contributed by atoms with E-state index < -0.39 is 17.2 Å². The first kappa shape index (κ1) is 17.1. The smallest absolute Gasteiger partial charge is 0.327 e. The highest BCUT2D eigenvalue weighted by atomic mass is 16.5. The summed E-state index contributed by atoms with van der Waals surface area (Å²) < 4.78 is 10.7. The van der Waals surface area contributed by atoms with Crippen LogP contribution in [0.4, 0.5) is 5.82 Å². The Kier molecular flexibility index (Phi) is 4.10. The minimum absolute atomic E-state index is 0.000199. The Morgan fingerprint density at radius 3 is 2.52 bits per heavy atom. The molecule has 0 radical (unpaired) electrons. The number of aromatic nitrogens is 2. The SMILES string of the molecule is COc1ccc([C@@H]2C3=C(CCCC3=O)Nc3[nH]c(=O)[nH]c(=O)c32)cc1OC. The minimum atomic E-state index is -0.594. The summed E-state index contributed by atoms with van der Waals surface area (Å²) >= 11 is 0. The van der Waals surface area contributed by atoms with Crippen LogP contribution in [0.2, 0.25) is 0 Å². The van der Waals surface area contributed by atoms with Gasteiger partial charge in [-0.15, -0.1) is 0 Å². The van der Waals surface area contributed by atoms with Crippen LogP contribution in [0.5, 0.6) is 11.5 Å². The molecule has 1 atom stereocenters. The van der Waals surface area contributed by atoms with Crippen molar-refractivity contribution in [1.29, 1.82) is 0 Å². The highest BCUT2D eigenvalue weighted by Crippen LogP contribution is 2.44. The third-order valence-electron chi connectivity index (χ3n) is 5.03. The fraction of sp³-hybridized carbons (Fsp3) is 0.316. The number of aromatic amines is 2. The molecule has 4 rings (SSSR count). The van der Waals surface area contributed by atoms with Gasteiger partial charge in [-0.1, -0.05) is 6.07 Å². The average Bonchev–Trinajstić information content (AvgIpc) is 2.65. The van der Waals surface area contributed by atoms with Crippen molar-refractivity contribution in [3.63, 3.8) is 0 Å². The predicted molar refractivity (Wildman–Crippen MR) is 98.6 cm³/mol. The molecule has 8 heteroatoms. The van der Waals surface area contributed by atoms with Crippen LogP contribution in [-0.4, -0.2) is 30.0 Å². The Morgan fingerprint density at radius 2 is 1.78 bits per heavy atom. The summed E-state index contributed by atoms with van der Waals surface area (Å²) in [6, 6.07) is 5.30. The van der Waals surface area contributed by atoms with Crippen molar-refractivity contribution in [1.82, 2.24) is 9.97 Å². The van der Waals surface area contributed by atoms with E-state index in [1.54, 1.807) is 18.2 Å². The lowest BCUT2D eigenvalue weighted by molar-refractivity contribution is -0.116. The summed E-state index contributed by atoms with van der Waals surface area (Å²) in [6.45, 7) is 0. The Labute approximate surface area is 154 Å². The van der Waals surface area contributed by atoms with Crippen LogP contribution in [-0.2, 0) is 4.79 Å². The number of Topliss-reactive ketones (excluding diaryl/α,β-unsaturated/α-hetero) is 1. The number of benzene rings is 1. The van der Waals surface area contributed by atoms with Gasteiger partial charge in [-0.3, -0.25) is 19.6 Å². The van der Waals surface area contributed by atoms with Gasteiger partial charge >= 0.3 is 5.69 Å². The monoisotopic (exact) mass is 369 g/mol. The molecule has 1 aromatic carbocycles. The quantitative estimate of drug-likeness (QED) is 0.758. The molecule has 2 heterocycles. The number of ether oxygens (including phenoxy) is 2. The maximum atomic E-state index is 12.7. The number of rotatable bonds is 3. The summed E-state index contributed by atoms with van der Waals surface area (Å²) in [4.78, 5) is 42.0. The second kappa shape index (κ2) is 6.46. The van der Waals surface area contributed by atoms with Crippen molar-refractivity contribution in [2.75, 3.05) is 19.5 Å². The zero-order valence-electron chi connectivity index (χ0n) is 15.0. The molecule has 0 amide bonds. The van der Waals surface area contributed by atoms with Gasteiger partial charge in [0.05, 0.1) is 19.8 Å². The lowest BCUT2D eigenvalue weighted by Crippen LogP contribution is -2.36. The number of methoxy groups -OCH3 is 2. The number of fused-ring (bicyclic) bond motifs is 1. The van der Waals surface area contributed by atoms with Crippen molar-refractivity contribution in [3.05, 3.63) is 61.4 Å². The number of allylic oxidation sites excluding steroid dienone is 2. The van der Waals surface area contributed by atoms with Crippen LogP contribution < -0.4 is 26.0 Å². The van der Waals surface area contributed by atoms with E-state index in [0.717, 1.165) is 17.7 Å². The van der Waals surface area contributed by atoms with Crippen LogP contribution in [0.15, 0.2) is 39.1 Å². The summed E-state index contributed by atoms with van der Waals surface area (Å²) in [5.74, 6) is 0.789. The van der Waals surface area contributed by atoms with Crippen LogP contribution in [0.3, 0.4) is 0 Å². The van der Waals surface area contributed by atoms with Crippen molar-refractivity contribution in [3.8, 4) is 11.5 Å². The van der Waals surface area contributed by atoms with Gasteiger partial charge < -0.3 is 14.8 Å². The van der Waals surface area contributed by atoms with E-state index in [9.17, 15) is 14.4 Å². The van der Waals surface area contributed by atoms with E-state index in [4.69, 9.17) is 9.47 Å². The Hall–Kier alpha value is -3.29. The fourth-order valence-corrected chi connectivity index (χ4v) is 3.86. The topological polar surface area (TPSA) is 113 Å². The van der Waals surface area contributed by atoms with Gasteiger partial charge in [0.1, 0.15) is 5.82 Å². The number of anilines is 1. The van der Waals surface area contributed by atoms with Gasteiger partial charge in [-0.05, 0) is 30.5 Å². The van der Waals surface area contributed by atoms with E-state index in [1.165, 1.54) is 14.2 Å². The Bertz CT molecular complexity index is 1080. The third-order valence-corrected chi connectivity index (χ3v) is 5.03. The molecule has 0 saturated carbocycles. The second-order valence-electron chi connectivity index (χ2n) is 6.54. The lowest BCUT2D eigenvalue weighted by atomic mass is 9.76. The normalized spacial score (nSPS) is 18.4. The predicted octanol–water partition coefficient (Wildman–Crippen LogP) is 1.64. The van der Waals surface area contributed by atoms with Gasteiger partial charge in [0, 0.05) is 23.6 Å². The molecule has 0 fully saturated rings. The summed E-state index contributed by atoms with van der Waals surface area (Å²) in [6.07, 6.45) is 1.84. The van der Waals surface area contributed by atoms with Crippen molar-refractivity contribution < 1.29 is 14.3 Å². The minimum Gasteiger partial charge on any atom is -0.493 e. The number of hydrogen-bond acceptors (Lipinski definition) is 6. The Balaban J connectivity index is 1.99. The maximum Gasteiger partial charge on any atom is 0.327 e. The largest absolute Gasteiger partial charge is 0.493 e. The summed E-state index contributed by atoms with van der Waals surface area (Å²) in [5.41, 5.74) is 1.24. The fourth-order valence-electron chi connectivity index (χ4n) is 3.86. The lowest BCUT2D eigenvalue weighted by Gasteiger charge is -2.33. The molecule has 3 N–H and O–H groups in total. The molecule has 0 saturated heterocycles. The first-order valence-electron chi connectivity index (χ1n) is 8.65. The molecular formula is C19H19N3O5. The van der Waals surface area contributed by atoms with E-state index >= 15 is 0 Å². The zero-order chi connectivity index (χ0) is 19.1. The van der Waals surface area contributed by atoms with E-state index in [-0.39, 0.29) is 5.78 Å². The van der Waals surface area contributed by atoms with E-state index in [0.29, 0.717) is 41.3 Å². The van der Waals surface area contributed by atoms with Gasteiger partial charge in [0.15, 0.2) is 17.3 Å². The van der Waals surface area contributed by atoms with Gasteiger partial charge in [-0.2, -0.15) is 0 Å². The molecule has 8 nitrogen and oxygen atoms in total. The van der Waals surface area contributed by atoms with Crippen molar-refractivity contribution in [2.45, 2.75) is 25.2 Å². The van der Waals surface area contributed by atoms with Gasteiger partial charge in [0.2, 0.25) is 0 Å². The molecule has 0 bridgehead atoms. The molecule has 2 aliphatic rings. The summed E-state index contributed by atoms with van der Waals surface area (Å²) in [7, 11) is 3.07. The van der Waals surface area contributed by atoms with Crippen molar-refractivity contribution >= 4 is 11.6 Å². The molecule has 0 unspecified atom stereocenters. The molecular weight excluding hydrogens is 350 g/mol. The molecule has 27 heavy (non-hydrogen) atoms. The average molecular weight is 369 g/mol. The van der Waals surface area contributed by atoms with Crippen LogP contribution >= 0.6 is 0 Å². The first-order chi connectivity index (χ1) is 13.0. The van der Waals surface area contributed by atoms with Crippen LogP contribution in [0.25, 0.3) is 0 Å². The molecule has 2 aromatic rings. The molecule has 140 valence electrons. The number of carbonyl (C=O) groups is 1. The number of carbonyl (C=O) groups excluding carboxylic acids is 1. The second-order valence-corrected chi connectivity index (χ2v) is 6.54. The van der Waals surface area contributed by atoms with Gasteiger partial charge in [-0.25, -0.2) is 4.79 Å². The molecule has 1 aliphatic heterocycles. The van der Waals surface area contributed by atoms with Crippen LogP contribution in [0, 0.1) is 0 Å². The van der Waals surface area contributed by atoms with E-state index in [2.05, 4.69) is 15.3 Å². The highest BCUT2D eigenvalue weighted by molar-refractivity contribution is 6.00. The molecule has 1 aromatic heterocycles. The number of nitrogens with one attached hydrogen (secondary N) is 3. The van der Waals surface area contributed by atoms with Crippen LogP contribution in [0.1, 0.15) is 36.3 Å². The Morgan fingerprint density at radius 1 is 1.00 bits per heavy atom. The number of ketones is 1. The van der Waals surface area contributed by atoms with E-state index in [1.807, 2.05) is 0 Å². The number of H-pyrrole nitrogens is 2. The zero-order valence-corrected chi connectivity index (χ0v) is 15.0. The first-order valence-corrected chi connectivity index (χ1v) is 8.65. The van der Waals surface area contributed by atoms with Gasteiger partial charge in [0.25, 0.3) is 5.56 Å². The van der Waals surface area contributed by atoms with Crippen molar-refractivity contribution in [2.24, 2.45) is 0 Å². The maximum absolute atomic E-state index is 12.7. The molecule has 1 aliphatic carbocycles. The highest BCUT2D eigenvalue weighted by Gasteiger charge is 2.37.